The van der Waals surface area contributed by atoms with E-state index in [1.807, 2.05) is 26.0 Å². The van der Waals surface area contributed by atoms with Crippen molar-refractivity contribution in [2.24, 2.45) is 5.73 Å². The molecule has 0 bridgehead atoms. The summed E-state index contributed by atoms with van der Waals surface area (Å²) < 4.78 is 10.9. The van der Waals surface area contributed by atoms with Gasteiger partial charge in [-0.25, -0.2) is 0 Å². The summed E-state index contributed by atoms with van der Waals surface area (Å²) in [6, 6.07) is 5.04. The van der Waals surface area contributed by atoms with Crippen LogP contribution in [0, 0.1) is 0 Å². The Bertz CT molecular complexity index is 328. The molecule has 0 aromatic heterocycles. The fourth-order valence-corrected chi connectivity index (χ4v) is 1.46. The highest BCUT2D eigenvalue weighted by atomic mass is 16.5. The number of benzene rings is 1. The minimum Gasteiger partial charge on any atom is -0.494 e. The number of ether oxygens (including phenoxy) is 2. The highest BCUT2D eigenvalue weighted by Crippen LogP contribution is 2.28. The largest absolute Gasteiger partial charge is 0.494 e. The maximum absolute atomic E-state index is 9.04. The van der Waals surface area contributed by atoms with Crippen molar-refractivity contribution in [1.82, 2.24) is 0 Å². The second kappa shape index (κ2) is 6.35. The molecule has 0 amide bonds. The number of aliphatic hydroxyl groups is 1. The van der Waals surface area contributed by atoms with Gasteiger partial charge in [0.05, 0.1) is 25.9 Å². The Labute approximate surface area is 96.0 Å². The SMILES string of the molecule is CCOc1ccc([C@@H](N)CO)c(OCC)c1. The lowest BCUT2D eigenvalue weighted by atomic mass is 10.1. The predicted octanol–water partition coefficient (Wildman–Crippen LogP) is 1.48. The number of hydrogen-bond donors (Lipinski definition) is 2. The van der Waals surface area contributed by atoms with Gasteiger partial charge in [-0.1, -0.05) is 0 Å². The molecular weight excluding hydrogens is 206 g/mol. The average molecular weight is 225 g/mol. The fourth-order valence-electron chi connectivity index (χ4n) is 1.46. The Balaban J connectivity index is 2.98. The molecule has 1 aromatic carbocycles. The molecule has 4 heteroatoms. The molecule has 1 rings (SSSR count). The molecule has 0 heterocycles. The zero-order valence-corrected chi connectivity index (χ0v) is 9.77. The van der Waals surface area contributed by atoms with E-state index in [2.05, 4.69) is 0 Å². The number of rotatable bonds is 6. The monoisotopic (exact) mass is 225 g/mol. The Morgan fingerprint density at radius 3 is 2.50 bits per heavy atom. The van der Waals surface area contributed by atoms with E-state index in [0.29, 0.717) is 19.0 Å². The van der Waals surface area contributed by atoms with Gasteiger partial charge in [0.15, 0.2) is 0 Å². The van der Waals surface area contributed by atoms with E-state index in [9.17, 15) is 0 Å². The lowest BCUT2D eigenvalue weighted by molar-refractivity contribution is 0.261. The lowest BCUT2D eigenvalue weighted by Crippen LogP contribution is -2.16. The quantitative estimate of drug-likeness (QED) is 0.769. The molecule has 1 atom stereocenters. The van der Waals surface area contributed by atoms with Crippen LogP contribution >= 0.6 is 0 Å². The summed E-state index contributed by atoms with van der Waals surface area (Å²) in [6.07, 6.45) is 0. The molecule has 90 valence electrons. The summed E-state index contributed by atoms with van der Waals surface area (Å²) in [5, 5.41) is 9.04. The van der Waals surface area contributed by atoms with Crippen LogP contribution in [-0.4, -0.2) is 24.9 Å². The standard InChI is InChI=1S/C12H19NO3/c1-3-15-9-5-6-10(11(13)8-14)12(7-9)16-4-2/h5-7,11,14H,3-4,8,13H2,1-2H3/t11-/m0/s1. The Hall–Kier alpha value is -1.26. The van der Waals surface area contributed by atoms with Gasteiger partial charge >= 0.3 is 0 Å². The van der Waals surface area contributed by atoms with Crippen LogP contribution in [0.1, 0.15) is 25.5 Å². The molecule has 0 fully saturated rings. The predicted molar refractivity (Wildman–Crippen MR) is 62.8 cm³/mol. The van der Waals surface area contributed by atoms with Crippen LogP contribution in [0.4, 0.5) is 0 Å². The van der Waals surface area contributed by atoms with Crippen molar-refractivity contribution >= 4 is 0 Å². The summed E-state index contributed by atoms with van der Waals surface area (Å²) in [4.78, 5) is 0. The molecule has 0 aliphatic rings. The van der Waals surface area contributed by atoms with E-state index in [1.54, 1.807) is 6.07 Å². The Morgan fingerprint density at radius 1 is 1.25 bits per heavy atom. The fraction of sp³-hybridized carbons (Fsp3) is 0.500. The highest BCUT2D eigenvalue weighted by molar-refractivity contribution is 5.42. The second-order valence-corrected chi connectivity index (χ2v) is 3.35. The molecule has 4 nitrogen and oxygen atoms in total. The third kappa shape index (κ3) is 3.12. The van der Waals surface area contributed by atoms with Crippen molar-refractivity contribution in [3.63, 3.8) is 0 Å². The Morgan fingerprint density at radius 2 is 1.94 bits per heavy atom. The van der Waals surface area contributed by atoms with E-state index in [-0.39, 0.29) is 6.61 Å². The molecule has 0 unspecified atom stereocenters. The van der Waals surface area contributed by atoms with Crippen LogP contribution in [0.15, 0.2) is 18.2 Å². The minimum absolute atomic E-state index is 0.103. The molecule has 0 saturated carbocycles. The van der Waals surface area contributed by atoms with Crippen molar-refractivity contribution in [1.29, 1.82) is 0 Å². The summed E-state index contributed by atoms with van der Waals surface area (Å²) in [5.74, 6) is 1.43. The van der Waals surface area contributed by atoms with E-state index in [4.69, 9.17) is 20.3 Å². The van der Waals surface area contributed by atoms with Gasteiger partial charge in [-0.2, -0.15) is 0 Å². The summed E-state index contributed by atoms with van der Waals surface area (Å²) in [5.41, 5.74) is 6.58. The van der Waals surface area contributed by atoms with Crippen LogP contribution in [0.3, 0.4) is 0 Å². The molecule has 0 saturated heterocycles. The van der Waals surface area contributed by atoms with Crippen LogP contribution in [0.25, 0.3) is 0 Å². The van der Waals surface area contributed by atoms with E-state index < -0.39 is 6.04 Å². The maximum atomic E-state index is 9.04. The first-order chi connectivity index (χ1) is 7.72. The molecule has 16 heavy (non-hydrogen) atoms. The van der Waals surface area contributed by atoms with Gasteiger partial charge in [-0.15, -0.1) is 0 Å². The third-order valence-corrected chi connectivity index (χ3v) is 2.19. The van der Waals surface area contributed by atoms with Crippen LogP contribution in [-0.2, 0) is 0 Å². The van der Waals surface area contributed by atoms with Crippen LogP contribution < -0.4 is 15.2 Å². The van der Waals surface area contributed by atoms with Gasteiger partial charge in [-0.05, 0) is 26.0 Å². The van der Waals surface area contributed by atoms with Crippen molar-refractivity contribution < 1.29 is 14.6 Å². The smallest absolute Gasteiger partial charge is 0.127 e. The van der Waals surface area contributed by atoms with Gasteiger partial charge in [0, 0.05) is 11.6 Å². The summed E-state index contributed by atoms with van der Waals surface area (Å²) >= 11 is 0. The van der Waals surface area contributed by atoms with E-state index in [1.165, 1.54) is 0 Å². The third-order valence-electron chi connectivity index (χ3n) is 2.19. The van der Waals surface area contributed by atoms with Crippen LogP contribution in [0.2, 0.25) is 0 Å². The molecule has 0 radical (unpaired) electrons. The maximum Gasteiger partial charge on any atom is 0.127 e. The first-order valence-electron chi connectivity index (χ1n) is 5.48. The van der Waals surface area contributed by atoms with Gasteiger partial charge in [0.1, 0.15) is 11.5 Å². The molecular formula is C12H19NO3. The first kappa shape index (κ1) is 12.8. The second-order valence-electron chi connectivity index (χ2n) is 3.35. The number of hydrogen-bond acceptors (Lipinski definition) is 4. The molecule has 3 N–H and O–H groups in total. The van der Waals surface area contributed by atoms with Gasteiger partial charge in [0.2, 0.25) is 0 Å². The zero-order valence-electron chi connectivity index (χ0n) is 9.77. The minimum atomic E-state index is -0.419. The van der Waals surface area contributed by atoms with Gasteiger partial charge < -0.3 is 20.3 Å². The van der Waals surface area contributed by atoms with Gasteiger partial charge in [-0.3, -0.25) is 0 Å². The van der Waals surface area contributed by atoms with Crippen molar-refractivity contribution in [2.75, 3.05) is 19.8 Å². The van der Waals surface area contributed by atoms with Gasteiger partial charge in [0.25, 0.3) is 0 Å². The van der Waals surface area contributed by atoms with Crippen molar-refractivity contribution in [3.05, 3.63) is 23.8 Å². The molecule has 0 spiro atoms. The van der Waals surface area contributed by atoms with E-state index >= 15 is 0 Å². The number of nitrogens with two attached hydrogens (primary N) is 1. The van der Waals surface area contributed by atoms with Crippen LogP contribution in [0.5, 0.6) is 11.5 Å². The number of aliphatic hydroxyl groups excluding tert-OH is 1. The topological polar surface area (TPSA) is 64.7 Å². The zero-order chi connectivity index (χ0) is 12.0. The molecule has 1 aromatic rings. The summed E-state index contributed by atoms with van der Waals surface area (Å²) in [7, 11) is 0. The van der Waals surface area contributed by atoms with Crippen molar-refractivity contribution in [3.8, 4) is 11.5 Å². The van der Waals surface area contributed by atoms with E-state index in [0.717, 1.165) is 11.3 Å². The van der Waals surface area contributed by atoms with Crippen molar-refractivity contribution in [2.45, 2.75) is 19.9 Å². The average Bonchev–Trinajstić information content (AvgIpc) is 2.29. The molecule has 0 aliphatic carbocycles. The lowest BCUT2D eigenvalue weighted by Gasteiger charge is -2.16. The summed E-state index contributed by atoms with van der Waals surface area (Å²) in [6.45, 7) is 4.89. The first-order valence-corrected chi connectivity index (χ1v) is 5.48. The Kier molecular flexibility index (Phi) is 5.08. The molecule has 0 aliphatic heterocycles. The highest BCUT2D eigenvalue weighted by Gasteiger charge is 2.12. The normalized spacial score (nSPS) is 12.2.